The molecule has 1 aromatic heterocycles. The van der Waals surface area contributed by atoms with Gasteiger partial charge in [-0.25, -0.2) is 8.42 Å². The van der Waals surface area contributed by atoms with Gasteiger partial charge in [-0.05, 0) is 36.1 Å². The van der Waals surface area contributed by atoms with E-state index in [9.17, 15) is 18.5 Å². The van der Waals surface area contributed by atoms with Gasteiger partial charge in [0, 0.05) is 24.0 Å². The van der Waals surface area contributed by atoms with E-state index >= 15 is 0 Å². The Kier molecular flexibility index (Phi) is 5.85. The number of rotatable bonds is 6. The predicted molar refractivity (Wildman–Crippen MR) is 103 cm³/mol. The topological polar surface area (TPSA) is 114 Å². The third kappa shape index (κ3) is 4.33. The molecule has 0 unspecified atom stereocenters. The number of nitrogens with one attached hydrogen (secondary N) is 1. The molecule has 0 saturated carbocycles. The molecule has 0 spiro atoms. The van der Waals surface area contributed by atoms with Gasteiger partial charge in [-0.1, -0.05) is 0 Å². The number of nitro groups is 1. The van der Waals surface area contributed by atoms with Crippen molar-refractivity contribution in [2.75, 3.05) is 31.7 Å². The number of benzene rings is 1. The molecule has 1 saturated heterocycles. The zero-order valence-corrected chi connectivity index (χ0v) is 16.1. The zero-order chi connectivity index (χ0) is 19.4. The van der Waals surface area contributed by atoms with Crippen molar-refractivity contribution in [2.45, 2.75) is 11.8 Å². The number of morpholine rings is 1. The van der Waals surface area contributed by atoms with E-state index in [0.717, 1.165) is 16.5 Å². The van der Waals surface area contributed by atoms with Gasteiger partial charge in [0.1, 0.15) is 5.69 Å². The number of aryl methyl sites for hydroxylation is 1. The Morgan fingerprint density at radius 1 is 1.33 bits per heavy atom. The van der Waals surface area contributed by atoms with E-state index < -0.39 is 14.9 Å². The van der Waals surface area contributed by atoms with E-state index in [2.05, 4.69) is 10.5 Å². The largest absolute Gasteiger partial charge is 0.379 e. The Bertz CT molecular complexity index is 965. The Morgan fingerprint density at radius 2 is 2.07 bits per heavy atom. The summed E-state index contributed by atoms with van der Waals surface area (Å²) in [5.41, 5.74) is 3.43. The van der Waals surface area contributed by atoms with Crippen LogP contribution in [-0.2, 0) is 14.8 Å². The SMILES string of the molecule is Cc1ccsc1C=NNc1ccc(S(=O)(=O)N2CCOCC2)cc1[N+](=O)[O-]. The second-order valence-corrected chi connectivity index (χ2v) is 8.68. The summed E-state index contributed by atoms with van der Waals surface area (Å²) < 4.78 is 31.8. The fourth-order valence-electron chi connectivity index (χ4n) is 2.53. The minimum atomic E-state index is -3.81. The molecule has 0 radical (unpaired) electrons. The minimum absolute atomic E-state index is 0.117. The molecule has 2 heterocycles. The molecule has 0 amide bonds. The van der Waals surface area contributed by atoms with Crippen LogP contribution in [0, 0.1) is 17.0 Å². The van der Waals surface area contributed by atoms with Crippen LogP contribution in [0.15, 0.2) is 39.6 Å². The number of hydrogen-bond acceptors (Lipinski definition) is 8. The Hall–Kier alpha value is -2.34. The van der Waals surface area contributed by atoms with E-state index in [1.165, 1.54) is 27.8 Å². The summed E-state index contributed by atoms with van der Waals surface area (Å²) in [5, 5.41) is 17.4. The van der Waals surface area contributed by atoms with Crippen molar-refractivity contribution in [3.63, 3.8) is 0 Å². The first-order valence-electron chi connectivity index (χ1n) is 8.09. The fraction of sp³-hybridized carbons (Fsp3) is 0.312. The van der Waals surface area contributed by atoms with Gasteiger partial charge < -0.3 is 4.74 Å². The number of hydrogen-bond donors (Lipinski definition) is 1. The highest BCUT2D eigenvalue weighted by Gasteiger charge is 2.28. The van der Waals surface area contributed by atoms with Crippen LogP contribution in [0.4, 0.5) is 11.4 Å². The first-order valence-corrected chi connectivity index (χ1v) is 10.4. The van der Waals surface area contributed by atoms with Gasteiger partial charge in [-0.2, -0.15) is 9.41 Å². The highest BCUT2D eigenvalue weighted by atomic mass is 32.2. The number of anilines is 1. The van der Waals surface area contributed by atoms with Crippen molar-refractivity contribution >= 4 is 38.9 Å². The quantitative estimate of drug-likeness (QED) is 0.444. The first kappa shape index (κ1) is 19.4. The number of ether oxygens (including phenoxy) is 1. The smallest absolute Gasteiger partial charge is 0.295 e. The standard InChI is InChI=1S/C16H18N4O5S2/c1-12-4-9-26-16(12)11-17-18-14-3-2-13(10-15(14)20(21)22)27(23,24)19-5-7-25-8-6-19/h2-4,9-11,18H,5-8H2,1H3. The maximum absolute atomic E-state index is 12.7. The zero-order valence-electron chi connectivity index (χ0n) is 14.5. The Balaban J connectivity index is 1.85. The van der Waals surface area contributed by atoms with Gasteiger partial charge in [0.15, 0.2) is 0 Å². The summed E-state index contributed by atoms with van der Waals surface area (Å²) >= 11 is 1.50. The molecule has 27 heavy (non-hydrogen) atoms. The van der Waals surface area contributed by atoms with Crippen molar-refractivity contribution in [1.29, 1.82) is 0 Å². The van der Waals surface area contributed by atoms with Crippen LogP contribution in [0.1, 0.15) is 10.4 Å². The van der Waals surface area contributed by atoms with E-state index in [4.69, 9.17) is 4.74 Å². The number of nitro benzene ring substituents is 1. The normalized spacial score (nSPS) is 15.9. The van der Waals surface area contributed by atoms with Gasteiger partial charge in [0.25, 0.3) is 5.69 Å². The summed E-state index contributed by atoms with van der Waals surface area (Å²) in [5.74, 6) is 0. The molecule has 1 aliphatic rings. The van der Waals surface area contributed by atoms with Crippen LogP contribution >= 0.6 is 11.3 Å². The molecule has 9 nitrogen and oxygen atoms in total. The Labute approximate surface area is 160 Å². The van der Waals surface area contributed by atoms with Crippen molar-refractivity contribution in [1.82, 2.24) is 4.31 Å². The molecule has 2 aromatic rings. The van der Waals surface area contributed by atoms with E-state index in [1.807, 2.05) is 18.4 Å². The second-order valence-electron chi connectivity index (χ2n) is 5.79. The van der Waals surface area contributed by atoms with Crippen molar-refractivity contribution < 1.29 is 18.1 Å². The molecular weight excluding hydrogens is 392 g/mol. The molecule has 0 aliphatic carbocycles. The van der Waals surface area contributed by atoms with Crippen molar-refractivity contribution in [3.8, 4) is 0 Å². The van der Waals surface area contributed by atoms with Crippen LogP contribution in [-0.4, -0.2) is 50.2 Å². The summed E-state index contributed by atoms with van der Waals surface area (Å²) in [4.78, 5) is 11.6. The van der Waals surface area contributed by atoms with E-state index in [1.54, 1.807) is 6.21 Å². The average molecular weight is 410 g/mol. The molecule has 1 fully saturated rings. The lowest BCUT2D eigenvalue weighted by Gasteiger charge is -2.26. The molecule has 1 aromatic carbocycles. The molecule has 3 rings (SSSR count). The van der Waals surface area contributed by atoms with Crippen LogP contribution in [0.25, 0.3) is 0 Å². The fourth-order valence-corrected chi connectivity index (χ4v) is 4.75. The molecular formula is C16H18N4O5S2. The predicted octanol–water partition coefficient (Wildman–Crippen LogP) is 2.43. The maximum atomic E-state index is 12.7. The lowest BCUT2D eigenvalue weighted by atomic mass is 10.3. The van der Waals surface area contributed by atoms with Crippen LogP contribution in [0.3, 0.4) is 0 Å². The van der Waals surface area contributed by atoms with Gasteiger partial charge in [0.05, 0.1) is 29.2 Å². The summed E-state index contributed by atoms with van der Waals surface area (Å²) in [6, 6.07) is 5.69. The summed E-state index contributed by atoms with van der Waals surface area (Å²) in [6.45, 7) is 2.99. The van der Waals surface area contributed by atoms with Crippen LogP contribution in [0.5, 0.6) is 0 Å². The lowest BCUT2D eigenvalue weighted by Crippen LogP contribution is -2.40. The highest BCUT2D eigenvalue weighted by Crippen LogP contribution is 2.29. The lowest BCUT2D eigenvalue weighted by molar-refractivity contribution is -0.384. The van der Waals surface area contributed by atoms with Crippen molar-refractivity contribution in [2.24, 2.45) is 5.10 Å². The summed E-state index contributed by atoms with van der Waals surface area (Å²) in [6.07, 6.45) is 1.57. The monoisotopic (exact) mass is 410 g/mol. The highest BCUT2D eigenvalue weighted by molar-refractivity contribution is 7.89. The molecule has 144 valence electrons. The maximum Gasteiger partial charge on any atom is 0.295 e. The average Bonchev–Trinajstić information content (AvgIpc) is 3.07. The molecule has 1 aliphatic heterocycles. The van der Waals surface area contributed by atoms with Gasteiger partial charge >= 0.3 is 0 Å². The van der Waals surface area contributed by atoms with Crippen LogP contribution in [0.2, 0.25) is 0 Å². The van der Waals surface area contributed by atoms with Gasteiger partial charge in [-0.15, -0.1) is 11.3 Å². The van der Waals surface area contributed by atoms with Crippen molar-refractivity contribution in [3.05, 3.63) is 50.2 Å². The van der Waals surface area contributed by atoms with E-state index in [0.29, 0.717) is 13.2 Å². The number of sulfonamides is 1. The first-order chi connectivity index (χ1) is 12.9. The summed E-state index contributed by atoms with van der Waals surface area (Å²) in [7, 11) is -3.81. The molecule has 1 N–H and O–H groups in total. The number of nitrogens with zero attached hydrogens (tertiary/aromatic N) is 3. The number of thiophene rings is 1. The van der Waals surface area contributed by atoms with Gasteiger partial charge in [0.2, 0.25) is 10.0 Å². The molecule has 0 atom stereocenters. The molecule has 0 bridgehead atoms. The third-order valence-electron chi connectivity index (χ3n) is 4.04. The number of hydrazone groups is 1. The van der Waals surface area contributed by atoms with Crippen LogP contribution < -0.4 is 5.43 Å². The molecule has 11 heteroatoms. The van der Waals surface area contributed by atoms with E-state index in [-0.39, 0.29) is 29.4 Å². The third-order valence-corrected chi connectivity index (χ3v) is 6.89. The second kappa shape index (κ2) is 8.13. The van der Waals surface area contributed by atoms with Gasteiger partial charge in [-0.3, -0.25) is 15.5 Å². The minimum Gasteiger partial charge on any atom is -0.379 e. The Morgan fingerprint density at radius 3 is 2.70 bits per heavy atom.